The molecule has 0 aliphatic heterocycles. The van der Waals surface area contributed by atoms with E-state index >= 15 is 0 Å². The topological polar surface area (TPSA) is 0 Å². The summed E-state index contributed by atoms with van der Waals surface area (Å²) >= 11 is 0. The Balaban J connectivity index is 2.44. The van der Waals surface area contributed by atoms with Crippen LogP contribution in [0.3, 0.4) is 0 Å². The van der Waals surface area contributed by atoms with Gasteiger partial charge in [0.05, 0.1) is 18.7 Å². The maximum Gasteiger partial charge on any atom is 0.347 e. The first-order valence-corrected chi connectivity index (χ1v) is 12.1. The molecule has 0 heterocycles. The molecular formula is C25H27F2Si+. The van der Waals surface area contributed by atoms with Gasteiger partial charge >= 0.3 is 8.80 Å². The molecule has 0 amide bonds. The fourth-order valence-electron chi connectivity index (χ4n) is 4.17. The van der Waals surface area contributed by atoms with Gasteiger partial charge in [-0.1, -0.05) is 24.3 Å². The van der Waals surface area contributed by atoms with E-state index in [0.717, 1.165) is 10.8 Å². The van der Waals surface area contributed by atoms with Gasteiger partial charge in [0.1, 0.15) is 16.8 Å². The van der Waals surface area contributed by atoms with E-state index in [-0.39, 0.29) is 5.56 Å². The number of halogens is 2. The van der Waals surface area contributed by atoms with Crippen LogP contribution in [0.25, 0.3) is 22.3 Å². The van der Waals surface area contributed by atoms with Gasteiger partial charge in [-0.3, -0.25) is 0 Å². The molecule has 0 radical (unpaired) electrons. The molecule has 144 valence electrons. The van der Waals surface area contributed by atoms with Crippen LogP contribution in [0.2, 0.25) is 13.1 Å². The van der Waals surface area contributed by atoms with Crippen LogP contribution in [-0.4, -0.2) is 8.80 Å². The summed E-state index contributed by atoms with van der Waals surface area (Å²) < 4.78 is 29.2. The minimum atomic E-state index is -1.00. The van der Waals surface area contributed by atoms with Gasteiger partial charge in [0, 0.05) is 11.1 Å². The van der Waals surface area contributed by atoms with Crippen molar-refractivity contribution in [1.82, 2.24) is 0 Å². The Kier molecular flexibility index (Phi) is 5.58. The highest BCUT2D eigenvalue weighted by Gasteiger charge is 2.30. The van der Waals surface area contributed by atoms with E-state index in [1.807, 2.05) is 12.1 Å². The average molecular weight is 394 g/mol. The van der Waals surface area contributed by atoms with Crippen molar-refractivity contribution in [2.75, 3.05) is 0 Å². The Labute approximate surface area is 168 Å². The van der Waals surface area contributed by atoms with Crippen molar-refractivity contribution >= 4 is 14.0 Å². The van der Waals surface area contributed by atoms with E-state index in [9.17, 15) is 8.78 Å². The molecule has 3 aromatic rings. The molecule has 0 unspecified atom stereocenters. The van der Waals surface area contributed by atoms with E-state index < -0.39 is 20.4 Å². The number of hydrogen-bond acceptors (Lipinski definition) is 0. The Hall–Kier alpha value is -2.26. The van der Waals surface area contributed by atoms with Crippen molar-refractivity contribution in [1.29, 1.82) is 0 Å². The molecule has 0 bridgehead atoms. The first kappa shape index (κ1) is 20.5. The fourth-order valence-corrected chi connectivity index (χ4v) is 5.66. The van der Waals surface area contributed by atoms with Crippen LogP contribution in [0.4, 0.5) is 8.78 Å². The largest absolute Gasteiger partial charge is 0.347 e. The van der Waals surface area contributed by atoms with Crippen molar-refractivity contribution < 1.29 is 8.78 Å². The van der Waals surface area contributed by atoms with E-state index in [4.69, 9.17) is 0 Å². The monoisotopic (exact) mass is 393 g/mol. The summed E-state index contributed by atoms with van der Waals surface area (Å²) in [6, 6.07) is 9.98. The van der Waals surface area contributed by atoms with Crippen molar-refractivity contribution in [3.63, 3.8) is 0 Å². The maximum absolute atomic E-state index is 14.6. The van der Waals surface area contributed by atoms with Gasteiger partial charge in [0.25, 0.3) is 0 Å². The SMILES string of the molecule is Cc1c(C)c(C)c(-c2cccc(-c3c(F)cccc3F)c2[Si+](C)C)c(C)c1C. The third-order valence-electron chi connectivity index (χ3n) is 6.07. The second-order valence-electron chi connectivity index (χ2n) is 7.82. The van der Waals surface area contributed by atoms with Crippen LogP contribution < -0.4 is 5.19 Å². The molecule has 0 aliphatic rings. The third kappa shape index (κ3) is 3.22. The van der Waals surface area contributed by atoms with E-state index in [1.54, 1.807) is 0 Å². The first-order chi connectivity index (χ1) is 13.2. The fraction of sp³-hybridized carbons (Fsp3) is 0.280. The van der Waals surface area contributed by atoms with Crippen LogP contribution in [0.1, 0.15) is 27.8 Å². The molecule has 0 saturated carbocycles. The summed E-state index contributed by atoms with van der Waals surface area (Å²) in [4.78, 5) is 0. The Bertz CT molecular complexity index is 1020. The molecule has 3 aromatic carbocycles. The van der Waals surface area contributed by atoms with Gasteiger partial charge in [0.2, 0.25) is 0 Å². The number of benzene rings is 3. The smallest absolute Gasteiger partial charge is 0.206 e. The van der Waals surface area contributed by atoms with Crippen LogP contribution in [-0.2, 0) is 0 Å². The highest BCUT2D eigenvalue weighted by atomic mass is 28.3. The molecule has 0 aliphatic carbocycles. The second kappa shape index (κ2) is 7.63. The zero-order chi connectivity index (χ0) is 20.7. The lowest BCUT2D eigenvalue weighted by atomic mass is 9.85. The first-order valence-electron chi connectivity index (χ1n) is 9.62. The van der Waals surface area contributed by atoms with Crippen LogP contribution in [0, 0.1) is 46.3 Å². The van der Waals surface area contributed by atoms with E-state index in [0.29, 0.717) is 5.56 Å². The lowest BCUT2D eigenvalue weighted by Crippen LogP contribution is -2.28. The van der Waals surface area contributed by atoms with Crippen molar-refractivity contribution in [3.8, 4) is 22.3 Å². The zero-order valence-corrected chi connectivity index (χ0v) is 18.7. The van der Waals surface area contributed by atoms with Gasteiger partial charge in [-0.15, -0.1) is 0 Å². The molecule has 0 aromatic heterocycles. The molecule has 28 heavy (non-hydrogen) atoms. The predicted molar refractivity (Wildman–Crippen MR) is 118 cm³/mol. The number of rotatable bonds is 3. The molecule has 0 spiro atoms. The molecule has 0 N–H and O–H groups in total. The van der Waals surface area contributed by atoms with Crippen molar-refractivity contribution in [2.24, 2.45) is 0 Å². The summed E-state index contributed by atoms with van der Waals surface area (Å²) in [5, 5.41) is 1.09. The second-order valence-corrected chi connectivity index (χ2v) is 10.3. The average Bonchev–Trinajstić information content (AvgIpc) is 2.65. The summed E-state index contributed by atoms with van der Waals surface area (Å²) in [6.07, 6.45) is 0. The molecule has 0 atom stereocenters. The van der Waals surface area contributed by atoms with Crippen molar-refractivity contribution in [2.45, 2.75) is 47.7 Å². The van der Waals surface area contributed by atoms with E-state index in [1.165, 1.54) is 51.6 Å². The normalized spacial score (nSPS) is 11.0. The van der Waals surface area contributed by atoms with E-state index in [2.05, 4.69) is 53.8 Å². The molecule has 0 fully saturated rings. The van der Waals surface area contributed by atoms with Crippen LogP contribution in [0.5, 0.6) is 0 Å². The van der Waals surface area contributed by atoms with Gasteiger partial charge in [-0.25, -0.2) is 8.78 Å². The van der Waals surface area contributed by atoms with Crippen LogP contribution in [0.15, 0.2) is 36.4 Å². The Morgan fingerprint density at radius 1 is 0.571 bits per heavy atom. The van der Waals surface area contributed by atoms with Gasteiger partial charge in [-0.2, -0.15) is 0 Å². The van der Waals surface area contributed by atoms with Crippen LogP contribution >= 0.6 is 0 Å². The Morgan fingerprint density at radius 3 is 1.43 bits per heavy atom. The standard InChI is InChI=1S/C25H27F2Si/c1-14-15(2)17(4)23(18(5)16(14)3)19-10-8-11-20(25(19)28(6)7)24-21(26)12-9-13-22(24)27/h8-13H,1-7H3/q+1. The summed E-state index contributed by atoms with van der Waals surface area (Å²) in [5.74, 6) is -1.02. The van der Waals surface area contributed by atoms with Gasteiger partial charge < -0.3 is 0 Å². The summed E-state index contributed by atoms with van der Waals surface area (Å²) in [7, 11) is -1.00. The third-order valence-corrected chi connectivity index (χ3v) is 7.60. The molecule has 3 heteroatoms. The molecule has 0 nitrogen and oxygen atoms in total. The lowest BCUT2D eigenvalue weighted by molar-refractivity contribution is 0.590. The lowest BCUT2D eigenvalue weighted by Gasteiger charge is -2.21. The summed E-state index contributed by atoms with van der Waals surface area (Å²) in [6.45, 7) is 15.2. The molecule has 3 rings (SSSR count). The zero-order valence-electron chi connectivity index (χ0n) is 17.7. The maximum atomic E-state index is 14.6. The quantitative estimate of drug-likeness (QED) is 0.429. The number of hydrogen-bond donors (Lipinski definition) is 0. The summed E-state index contributed by atoms with van der Waals surface area (Å²) in [5.41, 5.74) is 9.46. The highest BCUT2D eigenvalue weighted by molar-refractivity contribution is 6.73. The molecule has 0 saturated heterocycles. The van der Waals surface area contributed by atoms with Gasteiger partial charge in [-0.05, 0) is 80.1 Å². The predicted octanol–water partition coefficient (Wildman–Crippen LogP) is 6.80. The minimum absolute atomic E-state index is 0.0846. The Morgan fingerprint density at radius 2 is 0.964 bits per heavy atom. The van der Waals surface area contributed by atoms with Gasteiger partial charge in [0.15, 0.2) is 0 Å². The molecular weight excluding hydrogens is 366 g/mol. The van der Waals surface area contributed by atoms with Crippen molar-refractivity contribution in [3.05, 3.63) is 75.8 Å². The highest BCUT2D eigenvalue weighted by Crippen LogP contribution is 2.36. The minimum Gasteiger partial charge on any atom is -0.206 e.